The number of carbonyl (C=O) groups excluding carboxylic acids is 2. The quantitative estimate of drug-likeness (QED) is 0.684. The molecular weight excluding hydrogens is 356 g/mol. The number of hydrogen-bond donors (Lipinski definition) is 2. The first-order valence-corrected chi connectivity index (χ1v) is 9.40. The van der Waals surface area contributed by atoms with Crippen molar-refractivity contribution in [2.24, 2.45) is 0 Å². The Morgan fingerprint density at radius 1 is 0.929 bits per heavy atom. The van der Waals surface area contributed by atoms with Gasteiger partial charge in [-0.1, -0.05) is 49.7 Å². The maximum absolute atomic E-state index is 11.9. The zero-order chi connectivity index (χ0) is 20.5. The van der Waals surface area contributed by atoms with Crippen molar-refractivity contribution < 1.29 is 19.1 Å². The Labute approximate surface area is 166 Å². The van der Waals surface area contributed by atoms with Gasteiger partial charge in [-0.2, -0.15) is 0 Å². The van der Waals surface area contributed by atoms with Gasteiger partial charge in [-0.3, -0.25) is 20.4 Å². The summed E-state index contributed by atoms with van der Waals surface area (Å²) in [6.07, 6.45) is 0.975. The van der Waals surface area contributed by atoms with Gasteiger partial charge in [-0.25, -0.2) is 0 Å². The van der Waals surface area contributed by atoms with Crippen LogP contribution in [0.15, 0.2) is 42.5 Å². The average molecular weight is 384 g/mol. The third-order valence-electron chi connectivity index (χ3n) is 4.45. The Morgan fingerprint density at radius 3 is 2.14 bits per heavy atom. The highest BCUT2D eigenvalue weighted by atomic mass is 16.5. The first-order chi connectivity index (χ1) is 13.4. The molecule has 0 bridgehead atoms. The lowest BCUT2D eigenvalue weighted by atomic mass is 9.98. The van der Waals surface area contributed by atoms with Crippen molar-refractivity contribution in [2.45, 2.75) is 40.0 Å². The summed E-state index contributed by atoms with van der Waals surface area (Å²) in [4.78, 5) is 23.8. The molecule has 2 rings (SSSR count). The summed E-state index contributed by atoms with van der Waals surface area (Å²) < 4.78 is 11.1. The number of rotatable bonds is 8. The van der Waals surface area contributed by atoms with Crippen LogP contribution in [-0.2, 0) is 9.59 Å². The average Bonchev–Trinajstić information content (AvgIpc) is 2.69. The molecule has 0 aliphatic rings. The molecule has 1 unspecified atom stereocenters. The maximum atomic E-state index is 11.9. The van der Waals surface area contributed by atoms with Crippen molar-refractivity contribution in [2.75, 3.05) is 13.2 Å². The van der Waals surface area contributed by atoms with E-state index in [0.29, 0.717) is 17.4 Å². The van der Waals surface area contributed by atoms with Crippen LogP contribution in [0, 0.1) is 13.8 Å². The molecule has 0 aliphatic heterocycles. The fourth-order valence-electron chi connectivity index (χ4n) is 2.70. The first-order valence-electron chi connectivity index (χ1n) is 9.40. The van der Waals surface area contributed by atoms with Gasteiger partial charge >= 0.3 is 0 Å². The van der Waals surface area contributed by atoms with Crippen LogP contribution in [0.2, 0.25) is 0 Å². The molecule has 6 heteroatoms. The molecule has 0 saturated carbocycles. The van der Waals surface area contributed by atoms with Crippen molar-refractivity contribution in [3.05, 3.63) is 59.2 Å². The summed E-state index contributed by atoms with van der Waals surface area (Å²) in [6, 6.07) is 13.4. The summed E-state index contributed by atoms with van der Waals surface area (Å²) in [5.41, 5.74) is 7.79. The molecule has 0 heterocycles. The van der Waals surface area contributed by atoms with Crippen LogP contribution in [0.5, 0.6) is 11.5 Å². The van der Waals surface area contributed by atoms with E-state index in [2.05, 4.69) is 24.7 Å². The summed E-state index contributed by atoms with van der Waals surface area (Å²) in [5, 5.41) is 0. The number of carbonyl (C=O) groups is 2. The third-order valence-corrected chi connectivity index (χ3v) is 4.45. The minimum atomic E-state index is -0.451. The minimum Gasteiger partial charge on any atom is -0.483 e. The fourth-order valence-corrected chi connectivity index (χ4v) is 2.70. The Morgan fingerprint density at radius 2 is 1.54 bits per heavy atom. The van der Waals surface area contributed by atoms with Gasteiger partial charge in [0.1, 0.15) is 11.5 Å². The van der Waals surface area contributed by atoms with Gasteiger partial charge in [0.15, 0.2) is 13.2 Å². The van der Waals surface area contributed by atoms with Crippen LogP contribution in [0.1, 0.15) is 42.9 Å². The van der Waals surface area contributed by atoms with Gasteiger partial charge < -0.3 is 9.47 Å². The number of benzene rings is 2. The predicted octanol–water partition coefficient (Wildman–Crippen LogP) is 3.42. The minimum absolute atomic E-state index is 0.189. The van der Waals surface area contributed by atoms with Gasteiger partial charge in [0.05, 0.1) is 0 Å². The SMILES string of the molecule is CCC(C)c1ccccc1OCC(=O)NNC(=O)COc1ccc(C)cc1C. The standard InChI is InChI=1S/C22H28N2O4/c1-5-16(3)18-8-6-7-9-20(18)28-14-22(26)24-23-21(25)13-27-19-11-10-15(2)12-17(19)4/h6-12,16H,5,13-14H2,1-4H3,(H,23,25)(H,24,26). The second-order valence-electron chi connectivity index (χ2n) is 6.79. The fraction of sp³-hybridized carbons (Fsp3) is 0.364. The van der Waals surface area contributed by atoms with E-state index in [1.54, 1.807) is 0 Å². The molecular formula is C22H28N2O4. The van der Waals surface area contributed by atoms with Crippen molar-refractivity contribution >= 4 is 11.8 Å². The molecule has 1 atom stereocenters. The molecule has 0 radical (unpaired) electrons. The summed E-state index contributed by atoms with van der Waals surface area (Å²) >= 11 is 0. The molecule has 2 amide bonds. The van der Waals surface area contributed by atoms with Crippen molar-refractivity contribution in [3.8, 4) is 11.5 Å². The van der Waals surface area contributed by atoms with Crippen molar-refractivity contribution in [3.63, 3.8) is 0 Å². The monoisotopic (exact) mass is 384 g/mol. The molecule has 6 nitrogen and oxygen atoms in total. The van der Waals surface area contributed by atoms with E-state index in [0.717, 1.165) is 23.1 Å². The highest BCUT2D eigenvalue weighted by Gasteiger charge is 2.12. The number of hydrazine groups is 1. The van der Waals surface area contributed by atoms with Gasteiger partial charge in [0.2, 0.25) is 0 Å². The van der Waals surface area contributed by atoms with Crippen LogP contribution in [0.25, 0.3) is 0 Å². The Hall–Kier alpha value is -3.02. The highest BCUT2D eigenvalue weighted by molar-refractivity contribution is 5.83. The maximum Gasteiger partial charge on any atom is 0.276 e. The van der Waals surface area contributed by atoms with Crippen molar-refractivity contribution in [1.82, 2.24) is 10.9 Å². The molecule has 0 aromatic heterocycles. The zero-order valence-corrected chi connectivity index (χ0v) is 16.9. The van der Waals surface area contributed by atoms with E-state index in [1.807, 2.05) is 56.3 Å². The van der Waals surface area contributed by atoms with Crippen LogP contribution in [-0.4, -0.2) is 25.0 Å². The van der Waals surface area contributed by atoms with Gasteiger partial charge in [0.25, 0.3) is 11.8 Å². The summed E-state index contributed by atoms with van der Waals surface area (Å²) in [6.45, 7) is 7.73. The Balaban J connectivity index is 1.76. The Bertz CT molecular complexity index is 820. The van der Waals surface area contributed by atoms with E-state index in [-0.39, 0.29) is 13.2 Å². The third kappa shape index (κ3) is 6.30. The predicted molar refractivity (Wildman–Crippen MR) is 108 cm³/mol. The van der Waals surface area contributed by atoms with Crippen LogP contribution in [0.4, 0.5) is 0 Å². The normalized spacial score (nSPS) is 11.4. The first kappa shape index (κ1) is 21.3. The molecule has 0 saturated heterocycles. The topological polar surface area (TPSA) is 76.7 Å². The van der Waals surface area contributed by atoms with Crippen molar-refractivity contribution in [1.29, 1.82) is 0 Å². The number of amides is 2. The molecule has 150 valence electrons. The highest BCUT2D eigenvalue weighted by Crippen LogP contribution is 2.28. The number of aryl methyl sites for hydroxylation is 2. The van der Waals surface area contributed by atoms with E-state index in [4.69, 9.17) is 9.47 Å². The van der Waals surface area contributed by atoms with Gasteiger partial charge in [-0.15, -0.1) is 0 Å². The largest absolute Gasteiger partial charge is 0.483 e. The summed E-state index contributed by atoms with van der Waals surface area (Å²) in [5.74, 6) is 0.752. The Kier molecular flexibility index (Phi) is 7.87. The van der Waals surface area contributed by atoms with Crippen LogP contribution < -0.4 is 20.3 Å². The number of ether oxygens (including phenoxy) is 2. The lowest BCUT2D eigenvalue weighted by Crippen LogP contribution is -2.45. The number of para-hydroxylation sites is 1. The van der Waals surface area contributed by atoms with E-state index >= 15 is 0 Å². The molecule has 0 aliphatic carbocycles. The van der Waals surface area contributed by atoms with E-state index in [9.17, 15) is 9.59 Å². The molecule has 2 N–H and O–H groups in total. The molecule has 2 aromatic rings. The van der Waals surface area contributed by atoms with Gasteiger partial charge in [0, 0.05) is 0 Å². The van der Waals surface area contributed by atoms with Crippen LogP contribution in [0.3, 0.4) is 0 Å². The molecule has 0 fully saturated rings. The zero-order valence-electron chi connectivity index (χ0n) is 16.9. The lowest BCUT2D eigenvalue weighted by Gasteiger charge is -2.15. The molecule has 2 aromatic carbocycles. The molecule has 0 spiro atoms. The smallest absolute Gasteiger partial charge is 0.276 e. The summed E-state index contributed by atoms with van der Waals surface area (Å²) in [7, 11) is 0. The van der Waals surface area contributed by atoms with E-state index in [1.165, 1.54) is 0 Å². The van der Waals surface area contributed by atoms with E-state index < -0.39 is 11.8 Å². The second-order valence-corrected chi connectivity index (χ2v) is 6.79. The number of hydrogen-bond acceptors (Lipinski definition) is 4. The molecule has 28 heavy (non-hydrogen) atoms. The second kappa shape index (κ2) is 10.3. The number of nitrogens with one attached hydrogen (secondary N) is 2. The van der Waals surface area contributed by atoms with Crippen LogP contribution >= 0.6 is 0 Å². The van der Waals surface area contributed by atoms with Gasteiger partial charge in [-0.05, 0) is 49.4 Å². The lowest BCUT2D eigenvalue weighted by molar-refractivity contribution is -0.131.